The van der Waals surface area contributed by atoms with Crippen molar-refractivity contribution in [1.82, 2.24) is 0 Å². The quantitative estimate of drug-likeness (QED) is 0.464. The molecule has 3 rings (SSSR count). The van der Waals surface area contributed by atoms with Gasteiger partial charge in [0.2, 0.25) is 0 Å². The maximum absolute atomic E-state index is 14.4. The SMILES string of the molecule is CCCC1CCC(C2CC=C(c3ccc(F)c(C(F)(F)F)c3F)CC2)CC1. The van der Waals surface area contributed by atoms with Crippen LogP contribution < -0.4 is 0 Å². The fraction of sp³-hybridized carbons (Fsp3) is 0.636. The Morgan fingerprint density at radius 1 is 0.963 bits per heavy atom. The second-order valence-electron chi connectivity index (χ2n) is 8.11. The van der Waals surface area contributed by atoms with Crippen LogP contribution in [0.1, 0.15) is 75.8 Å². The highest BCUT2D eigenvalue weighted by Crippen LogP contribution is 2.43. The summed E-state index contributed by atoms with van der Waals surface area (Å²) in [4.78, 5) is 0. The molecule has 2 aliphatic carbocycles. The molecule has 1 fully saturated rings. The lowest BCUT2D eigenvalue weighted by Crippen LogP contribution is -2.23. The van der Waals surface area contributed by atoms with Gasteiger partial charge in [-0.25, -0.2) is 8.78 Å². The third-order valence-corrected chi connectivity index (χ3v) is 6.43. The van der Waals surface area contributed by atoms with Crippen molar-refractivity contribution in [2.45, 2.75) is 70.9 Å². The molecule has 1 unspecified atom stereocenters. The van der Waals surface area contributed by atoms with Crippen LogP contribution in [0.3, 0.4) is 0 Å². The van der Waals surface area contributed by atoms with Gasteiger partial charge < -0.3 is 0 Å². The third kappa shape index (κ3) is 4.55. The van der Waals surface area contributed by atoms with Crippen LogP contribution in [-0.4, -0.2) is 0 Å². The van der Waals surface area contributed by atoms with Crippen LogP contribution in [0.2, 0.25) is 0 Å². The molecule has 27 heavy (non-hydrogen) atoms. The van der Waals surface area contributed by atoms with Gasteiger partial charge in [0.15, 0.2) is 0 Å². The lowest BCUT2D eigenvalue weighted by molar-refractivity contribution is -0.142. The molecule has 1 aromatic carbocycles. The summed E-state index contributed by atoms with van der Waals surface area (Å²) >= 11 is 0. The smallest absolute Gasteiger partial charge is 0.206 e. The van der Waals surface area contributed by atoms with E-state index in [0.29, 0.717) is 23.8 Å². The number of hydrogen-bond donors (Lipinski definition) is 0. The minimum Gasteiger partial charge on any atom is -0.206 e. The Morgan fingerprint density at radius 2 is 1.67 bits per heavy atom. The summed E-state index contributed by atoms with van der Waals surface area (Å²) in [5, 5.41) is 0. The summed E-state index contributed by atoms with van der Waals surface area (Å²) in [6.45, 7) is 2.22. The molecule has 1 aromatic rings. The molecule has 0 spiro atoms. The molecular formula is C22H27F5. The molecule has 0 aliphatic heterocycles. The van der Waals surface area contributed by atoms with E-state index < -0.39 is 23.4 Å². The maximum Gasteiger partial charge on any atom is 0.422 e. The molecule has 1 atom stereocenters. The fourth-order valence-electron chi connectivity index (χ4n) is 4.94. The first-order valence-electron chi connectivity index (χ1n) is 10.1. The largest absolute Gasteiger partial charge is 0.422 e. The van der Waals surface area contributed by atoms with Crippen LogP contribution in [0.5, 0.6) is 0 Å². The third-order valence-electron chi connectivity index (χ3n) is 6.43. The van der Waals surface area contributed by atoms with Crippen molar-refractivity contribution in [2.24, 2.45) is 17.8 Å². The molecule has 150 valence electrons. The van der Waals surface area contributed by atoms with E-state index in [4.69, 9.17) is 0 Å². The second kappa shape index (κ2) is 8.32. The molecule has 0 N–H and O–H groups in total. The normalized spacial score (nSPS) is 26.7. The molecule has 0 bridgehead atoms. The van der Waals surface area contributed by atoms with Gasteiger partial charge in [0.25, 0.3) is 0 Å². The number of benzene rings is 1. The summed E-state index contributed by atoms with van der Waals surface area (Å²) in [6, 6.07) is 1.87. The van der Waals surface area contributed by atoms with E-state index in [2.05, 4.69) is 6.92 Å². The topological polar surface area (TPSA) is 0 Å². The fourth-order valence-corrected chi connectivity index (χ4v) is 4.94. The molecule has 0 heterocycles. The average molecular weight is 386 g/mol. The van der Waals surface area contributed by atoms with Gasteiger partial charge in [0.1, 0.15) is 17.2 Å². The monoisotopic (exact) mass is 386 g/mol. The van der Waals surface area contributed by atoms with Gasteiger partial charge >= 0.3 is 6.18 Å². The predicted octanol–water partition coefficient (Wildman–Crippen LogP) is 7.77. The van der Waals surface area contributed by atoms with Crippen LogP contribution in [0.25, 0.3) is 5.57 Å². The summed E-state index contributed by atoms with van der Waals surface area (Å²) in [7, 11) is 0. The summed E-state index contributed by atoms with van der Waals surface area (Å²) in [6.07, 6.45) is 6.56. The van der Waals surface area contributed by atoms with E-state index in [1.165, 1.54) is 38.5 Å². The zero-order valence-corrected chi connectivity index (χ0v) is 15.7. The zero-order chi connectivity index (χ0) is 19.6. The van der Waals surface area contributed by atoms with Gasteiger partial charge in [-0.1, -0.05) is 38.7 Å². The standard InChI is InChI=1S/C22H27F5/c1-2-3-14-4-6-15(7-5-14)16-8-10-17(11-9-16)18-12-13-19(23)20(21(18)24)22(25,26)27/h10,12-16H,2-9,11H2,1H3. The lowest BCUT2D eigenvalue weighted by atomic mass is 9.70. The first kappa shape index (κ1) is 20.3. The summed E-state index contributed by atoms with van der Waals surface area (Å²) in [5.74, 6) is -0.995. The van der Waals surface area contributed by atoms with Gasteiger partial charge in [-0.3, -0.25) is 0 Å². The Kier molecular flexibility index (Phi) is 6.27. The minimum absolute atomic E-state index is 0.103. The molecule has 0 saturated heterocycles. The van der Waals surface area contributed by atoms with Crippen LogP contribution in [-0.2, 0) is 6.18 Å². The van der Waals surface area contributed by atoms with Gasteiger partial charge in [-0.2, -0.15) is 13.2 Å². The Labute approximate surface area is 157 Å². The van der Waals surface area contributed by atoms with Crippen LogP contribution in [0.4, 0.5) is 22.0 Å². The van der Waals surface area contributed by atoms with Crippen LogP contribution >= 0.6 is 0 Å². The van der Waals surface area contributed by atoms with Gasteiger partial charge in [-0.05, 0) is 67.6 Å². The summed E-state index contributed by atoms with van der Waals surface area (Å²) in [5.41, 5.74) is -1.31. The van der Waals surface area contributed by atoms with Crippen molar-refractivity contribution in [1.29, 1.82) is 0 Å². The van der Waals surface area contributed by atoms with Gasteiger partial charge in [0.05, 0.1) is 0 Å². The molecule has 2 aliphatic rings. The number of hydrogen-bond acceptors (Lipinski definition) is 0. The van der Waals surface area contributed by atoms with Crippen LogP contribution in [0, 0.1) is 29.4 Å². The van der Waals surface area contributed by atoms with Crippen LogP contribution in [0.15, 0.2) is 18.2 Å². The van der Waals surface area contributed by atoms with Crippen molar-refractivity contribution >= 4 is 5.57 Å². The van der Waals surface area contributed by atoms with E-state index in [-0.39, 0.29) is 5.56 Å². The first-order chi connectivity index (χ1) is 12.8. The Bertz CT molecular complexity index is 681. The predicted molar refractivity (Wildman–Crippen MR) is 97.0 cm³/mol. The molecule has 0 radical (unpaired) electrons. The van der Waals surface area contributed by atoms with Crippen molar-refractivity contribution < 1.29 is 22.0 Å². The van der Waals surface area contributed by atoms with E-state index in [9.17, 15) is 22.0 Å². The molecular weight excluding hydrogens is 359 g/mol. The molecule has 5 heteroatoms. The van der Waals surface area contributed by atoms with E-state index in [1.54, 1.807) is 0 Å². The van der Waals surface area contributed by atoms with E-state index in [1.807, 2.05) is 6.08 Å². The Hall–Kier alpha value is -1.39. The highest BCUT2D eigenvalue weighted by Gasteiger charge is 2.39. The minimum atomic E-state index is -5.03. The maximum atomic E-state index is 14.4. The average Bonchev–Trinajstić information content (AvgIpc) is 2.62. The number of alkyl halides is 3. The molecule has 1 saturated carbocycles. The number of rotatable bonds is 4. The lowest BCUT2D eigenvalue weighted by Gasteiger charge is -2.35. The second-order valence-corrected chi connectivity index (χ2v) is 8.11. The molecule has 0 amide bonds. The Balaban J connectivity index is 1.69. The van der Waals surface area contributed by atoms with Crippen molar-refractivity contribution in [2.75, 3.05) is 0 Å². The number of halogens is 5. The first-order valence-corrected chi connectivity index (χ1v) is 10.1. The van der Waals surface area contributed by atoms with Crippen molar-refractivity contribution in [3.63, 3.8) is 0 Å². The van der Waals surface area contributed by atoms with E-state index in [0.717, 1.165) is 30.9 Å². The Morgan fingerprint density at radius 3 is 2.22 bits per heavy atom. The zero-order valence-electron chi connectivity index (χ0n) is 15.7. The van der Waals surface area contributed by atoms with Gasteiger partial charge in [-0.15, -0.1) is 0 Å². The number of allylic oxidation sites excluding steroid dienone is 2. The molecule has 0 nitrogen and oxygen atoms in total. The molecule has 0 aromatic heterocycles. The van der Waals surface area contributed by atoms with Crippen molar-refractivity contribution in [3.05, 3.63) is 41.0 Å². The highest BCUT2D eigenvalue weighted by molar-refractivity contribution is 5.67. The van der Waals surface area contributed by atoms with E-state index >= 15 is 0 Å². The summed E-state index contributed by atoms with van der Waals surface area (Å²) < 4.78 is 66.7. The highest BCUT2D eigenvalue weighted by atomic mass is 19.4. The van der Waals surface area contributed by atoms with Crippen molar-refractivity contribution in [3.8, 4) is 0 Å². The van der Waals surface area contributed by atoms with Gasteiger partial charge in [0, 0.05) is 5.56 Å².